The Bertz CT molecular complexity index is 750. The Morgan fingerprint density at radius 1 is 0.645 bits per heavy atom. The Morgan fingerprint density at radius 3 is 1.16 bits per heavy atom. The SMILES string of the molecule is C=CCOc1ccc(C(c2ccc(OCC=C)cc2)(C(F)(F)F)C(F)(F)F)cc1.CC. The average molecular weight is 446 g/mol. The number of halogens is 6. The van der Waals surface area contributed by atoms with E-state index in [0.29, 0.717) is 0 Å². The molecule has 2 aromatic carbocycles. The maximum Gasteiger partial charge on any atom is 0.411 e. The largest absolute Gasteiger partial charge is 0.490 e. The third kappa shape index (κ3) is 5.62. The molecule has 170 valence electrons. The lowest BCUT2D eigenvalue weighted by Crippen LogP contribution is -2.54. The number of benzene rings is 2. The van der Waals surface area contributed by atoms with Crippen molar-refractivity contribution < 1.29 is 35.8 Å². The van der Waals surface area contributed by atoms with E-state index < -0.39 is 28.9 Å². The van der Waals surface area contributed by atoms with Gasteiger partial charge in [0, 0.05) is 0 Å². The zero-order valence-corrected chi connectivity index (χ0v) is 17.2. The van der Waals surface area contributed by atoms with Gasteiger partial charge in [-0.2, -0.15) is 26.3 Å². The lowest BCUT2D eigenvalue weighted by Gasteiger charge is -2.38. The second-order valence-electron chi connectivity index (χ2n) is 5.99. The predicted molar refractivity (Wildman–Crippen MR) is 109 cm³/mol. The molecule has 2 nitrogen and oxygen atoms in total. The molecule has 0 amide bonds. The van der Waals surface area contributed by atoms with E-state index in [1.165, 1.54) is 12.2 Å². The molecule has 0 aromatic heterocycles. The Kier molecular flexibility index (Phi) is 9.21. The highest BCUT2D eigenvalue weighted by Gasteiger charge is 2.72. The van der Waals surface area contributed by atoms with Crippen LogP contribution >= 0.6 is 0 Å². The lowest BCUT2D eigenvalue weighted by atomic mass is 9.73. The molecule has 0 aliphatic rings. The van der Waals surface area contributed by atoms with Crippen LogP contribution in [0, 0.1) is 0 Å². The van der Waals surface area contributed by atoms with Gasteiger partial charge < -0.3 is 9.47 Å². The quantitative estimate of drug-likeness (QED) is 0.314. The molecule has 0 aliphatic carbocycles. The number of rotatable bonds is 8. The van der Waals surface area contributed by atoms with E-state index in [0.717, 1.165) is 48.5 Å². The molecule has 0 radical (unpaired) electrons. The van der Waals surface area contributed by atoms with Crippen LogP contribution in [0.1, 0.15) is 25.0 Å². The van der Waals surface area contributed by atoms with Crippen LogP contribution in [0.3, 0.4) is 0 Å². The van der Waals surface area contributed by atoms with Gasteiger partial charge in [0.05, 0.1) is 0 Å². The van der Waals surface area contributed by atoms with Crippen LogP contribution in [-0.4, -0.2) is 25.6 Å². The molecular formula is C23H24F6O2. The van der Waals surface area contributed by atoms with E-state index >= 15 is 0 Å². The highest BCUT2D eigenvalue weighted by Crippen LogP contribution is 2.56. The second-order valence-corrected chi connectivity index (χ2v) is 5.99. The van der Waals surface area contributed by atoms with E-state index in [1.54, 1.807) is 0 Å². The molecule has 0 atom stereocenters. The van der Waals surface area contributed by atoms with Gasteiger partial charge in [0.15, 0.2) is 0 Å². The maximum absolute atomic E-state index is 14.0. The van der Waals surface area contributed by atoms with Gasteiger partial charge in [-0.05, 0) is 35.4 Å². The molecule has 0 spiro atoms. The maximum atomic E-state index is 14.0. The van der Waals surface area contributed by atoms with Gasteiger partial charge in [-0.25, -0.2) is 0 Å². The summed E-state index contributed by atoms with van der Waals surface area (Å²) in [5.41, 5.74) is -6.15. The van der Waals surface area contributed by atoms with Crippen LogP contribution in [0.4, 0.5) is 26.3 Å². The summed E-state index contributed by atoms with van der Waals surface area (Å²) >= 11 is 0. The summed E-state index contributed by atoms with van der Waals surface area (Å²) in [6.45, 7) is 11.0. The van der Waals surface area contributed by atoms with Crippen molar-refractivity contribution in [1.82, 2.24) is 0 Å². The van der Waals surface area contributed by atoms with Crippen LogP contribution in [-0.2, 0) is 5.41 Å². The van der Waals surface area contributed by atoms with Gasteiger partial charge in [-0.15, -0.1) is 0 Å². The van der Waals surface area contributed by atoms with Crippen LogP contribution in [0.15, 0.2) is 73.8 Å². The first-order valence-electron chi connectivity index (χ1n) is 9.40. The predicted octanol–water partition coefficient (Wildman–Crippen LogP) is 7.25. The third-order valence-electron chi connectivity index (χ3n) is 4.16. The Morgan fingerprint density at radius 2 is 0.935 bits per heavy atom. The van der Waals surface area contributed by atoms with Crippen LogP contribution in [0.2, 0.25) is 0 Å². The summed E-state index contributed by atoms with van der Waals surface area (Å²) in [7, 11) is 0. The number of alkyl halides is 6. The first-order valence-corrected chi connectivity index (χ1v) is 9.40. The van der Waals surface area contributed by atoms with Gasteiger partial charge in [-0.1, -0.05) is 63.4 Å². The van der Waals surface area contributed by atoms with E-state index in [4.69, 9.17) is 9.47 Å². The molecule has 0 aliphatic heterocycles. The molecule has 2 aromatic rings. The van der Waals surface area contributed by atoms with Crippen molar-refractivity contribution in [2.24, 2.45) is 0 Å². The fourth-order valence-electron chi connectivity index (χ4n) is 2.89. The van der Waals surface area contributed by atoms with Crippen LogP contribution < -0.4 is 9.47 Å². The van der Waals surface area contributed by atoms with E-state index in [9.17, 15) is 26.3 Å². The molecular weight excluding hydrogens is 422 g/mol. The summed E-state index contributed by atoms with van der Waals surface area (Å²) in [5, 5.41) is 0. The van der Waals surface area contributed by atoms with Crippen LogP contribution in [0.25, 0.3) is 0 Å². The number of ether oxygens (including phenoxy) is 2. The molecule has 2 rings (SSSR count). The highest BCUT2D eigenvalue weighted by atomic mass is 19.4. The number of hydrogen-bond acceptors (Lipinski definition) is 2. The molecule has 0 fully saturated rings. The molecule has 0 unspecified atom stereocenters. The smallest absolute Gasteiger partial charge is 0.411 e. The Balaban J connectivity index is 0.00000233. The third-order valence-corrected chi connectivity index (χ3v) is 4.16. The van der Waals surface area contributed by atoms with Crippen molar-refractivity contribution in [2.45, 2.75) is 31.6 Å². The summed E-state index contributed by atoms with van der Waals surface area (Å²) in [4.78, 5) is 0. The summed E-state index contributed by atoms with van der Waals surface area (Å²) in [6, 6.07) is 7.31. The summed E-state index contributed by atoms with van der Waals surface area (Å²) < 4.78 is 94.5. The monoisotopic (exact) mass is 446 g/mol. The zero-order valence-electron chi connectivity index (χ0n) is 17.2. The van der Waals surface area contributed by atoms with Gasteiger partial charge in [0.2, 0.25) is 5.41 Å². The fraction of sp³-hybridized carbons (Fsp3) is 0.304. The second kappa shape index (κ2) is 10.9. The van der Waals surface area contributed by atoms with Gasteiger partial charge >= 0.3 is 12.4 Å². The molecule has 8 heteroatoms. The van der Waals surface area contributed by atoms with E-state index in [-0.39, 0.29) is 24.7 Å². The minimum absolute atomic E-state index is 0.0647. The fourth-order valence-corrected chi connectivity index (χ4v) is 2.89. The first-order chi connectivity index (χ1) is 14.6. The van der Waals surface area contributed by atoms with Crippen molar-refractivity contribution in [3.8, 4) is 11.5 Å². The zero-order chi connectivity index (χ0) is 23.7. The topological polar surface area (TPSA) is 18.5 Å². The van der Waals surface area contributed by atoms with Gasteiger partial charge in [0.25, 0.3) is 0 Å². The summed E-state index contributed by atoms with van der Waals surface area (Å²) in [5.74, 6) is 0.250. The van der Waals surface area contributed by atoms with Gasteiger partial charge in [0.1, 0.15) is 24.7 Å². The minimum Gasteiger partial charge on any atom is -0.490 e. The van der Waals surface area contributed by atoms with Crippen molar-refractivity contribution in [3.05, 3.63) is 85.0 Å². The van der Waals surface area contributed by atoms with Crippen molar-refractivity contribution >= 4 is 0 Å². The van der Waals surface area contributed by atoms with Crippen molar-refractivity contribution in [1.29, 1.82) is 0 Å². The lowest BCUT2D eigenvalue weighted by molar-refractivity contribution is -0.288. The molecule has 0 saturated carbocycles. The normalized spacial score (nSPS) is 11.7. The Labute approximate surface area is 177 Å². The van der Waals surface area contributed by atoms with E-state index in [1.807, 2.05) is 13.8 Å². The molecule has 0 saturated heterocycles. The molecule has 0 N–H and O–H groups in total. The first kappa shape index (κ1) is 26.1. The average Bonchev–Trinajstić information content (AvgIpc) is 2.72. The highest BCUT2D eigenvalue weighted by molar-refractivity contribution is 5.47. The van der Waals surface area contributed by atoms with Crippen LogP contribution in [0.5, 0.6) is 11.5 Å². The molecule has 0 bridgehead atoms. The number of hydrogen-bond donors (Lipinski definition) is 0. The van der Waals surface area contributed by atoms with Crippen molar-refractivity contribution in [3.63, 3.8) is 0 Å². The molecule has 31 heavy (non-hydrogen) atoms. The molecule has 0 heterocycles. The van der Waals surface area contributed by atoms with Crippen molar-refractivity contribution in [2.75, 3.05) is 13.2 Å². The Hall–Kier alpha value is -2.90. The minimum atomic E-state index is -5.65. The van der Waals surface area contributed by atoms with Gasteiger partial charge in [-0.3, -0.25) is 0 Å². The summed E-state index contributed by atoms with van der Waals surface area (Å²) in [6.07, 6.45) is -8.50. The van der Waals surface area contributed by atoms with E-state index in [2.05, 4.69) is 13.2 Å². The standard InChI is InChI=1S/C21H18F6O2.C2H6/c1-3-13-28-17-9-5-15(6-10-17)19(20(22,23)24,21(25,26)27)16-7-11-18(12-8-16)29-14-4-2;1-2/h3-12H,1-2,13-14H2;1-2H3.